The van der Waals surface area contributed by atoms with Gasteiger partial charge in [-0.2, -0.15) is 0 Å². The van der Waals surface area contributed by atoms with Crippen molar-refractivity contribution in [3.05, 3.63) is 29.3 Å². The zero-order valence-electron chi connectivity index (χ0n) is 18.8. The summed E-state index contributed by atoms with van der Waals surface area (Å²) in [5, 5.41) is 6.82. The van der Waals surface area contributed by atoms with Gasteiger partial charge in [-0.25, -0.2) is 0 Å². The summed E-state index contributed by atoms with van der Waals surface area (Å²) in [5.74, 6) is 2.42. The van der Waals surface area contributed by atoms with Crippen molar-refractivity contribution in [3.8, 4) is 5.75 Å². The van der Waals surface area contributed by atoms with E-state index in [1.807, 2.05) is 0 Å². The zero-order chi connectivity index (χ0) is 21.1. The number of methoxy groups -OCH3 is 1. The summed E-state index contributed by atoms with van der Waals surface area (Å²) < 4.78 is 17.4. The molecule has 1 saturated heterocycles. The van der Waals surface area contributed by atoms with E-state index < -0.39 is 0 Å². The lowest BCUT2D eigenvalue weighted by molar-refractivity contribution is -0.0855. The van der Waals surface area contributed by atoms with Crippen LogP contribution in [0.2, 0.25) is 0 Å². The Morgan fingerprint density at radius 3 is 2.66 bits per heavy atom. The van der Waals surface area contributed by atoms with E-state index in [0.29, 0.717) is 19.0 Å². The molecule has 0 aliphatic carbocycles. The van der Waals surface area contributed by atoms with Crippen LogP contribution in [0.3, 0.4) is 0 Å². The first-order valence-corrected chi connectivity index (χ1v) is 10.8. The standard InChI is InChI=1S/C23H39N3O3/c1-18(2)7-6-12-29-21-15-19(3)8-9-20(21)16-25-22(24-4)26-17-23(27-5)10-13-28-14-11-23/h8-9,15,18H,6-7,10-14,16-17H2,1-5H3,(H2,24,25,26). The summed E-state index contributed by atoms with van der Waals surface area (Å²) in [5.41, 5.74) is 2.15. The van der Waals surface area contributed by atoms with Crippen LogP contribution in [0.5, 0.6) is 5.75 Å². The molecule has 0 spiro atoms. The summed E-state index contributed by atoms with van der Waals surface area (Å²) in [6.07, 6.45) is 4.03. The number of nitrogens with one attached hydrogen (secondary N) is 2. The summed E-state index contributed by atoms with van der Waals surface area (Å²) in [6, 6.07) is 6.36. The molecule has 0 amide bonds. The van der Waals surface area contributed by atoms with E-state index in [4.69, 9.17) is 14.2 Å². The Morgan fingerprint density at radius 2 is 2.00 bits per heavy atom. The molecule has 164 valence electrons. The predicted molar refractivity (Wildman–Crippen MR) is 119 cm³/mol. The van der Waals surface area contributed by atoms with Crippen molar-refractivity contribution in [2.24, 2.45) is 10.9 Å². The van der Waals surface area contributed by atoms with Crippen LogP contribution in [0.15, 0.2) is 23.2 Å². The molecule has 6 nitrogen and oxygen atoms in total. The predicted octanol–water partition coefficient (Wildman–Crippen LogP) is 3.67. The molecular formula is C23H39N3O3. The number of hydrogen-bond acceptors (Lipinski definition) is 4. The van der Waals surface area contributed by atoms with Crippen LogP contribution >= 0.6 is 0 Å². The fourth-order valence-corrected chi connectivity index (χ4v) is 3.46. The first-order valence-electron chi connectivity index (χ1n) is 10.8. The van der Waals surface area contributed by atoms with Crippen molar-refractivity contribution in [1.29, 1.82) is 0 Å². The van der Waals surface area contributed by atoms with Crippen molar-refractivity contribution >= 4 is 5.96 Å². The molecule has 0 unspecified atom stereocenters. The molecule has 1 aromatic rings. The van der Waals surface area contributed by atoms with Gasteiger partial charge < -0.3 is 24.8 Å². The van der Waals surface area contributed by atoms with Gasteiger partial charge in [0.15, 0.2) is 5.96 Å². The van der Waals surface area contributed by atoms with Gasteiger partial charge in [-0.3, -0.25) is 4.99 Å². The van der Waals surface area contributed by atoms with Crippen molar-refractivity contribution in [1.82, 2.24) is 10.6 Å². The molecule has 2 rings (SSSR count). The van der Waals surface area contributed by atoms with Crippen LogP contribution < -0.4 is 15.4 Å². The Morgan fingerprint density at radius 1 is 1.24 bits per heavy atom. The van der Waals surface area contributed by atoms with E-state index in [2.05, 4.69) is 54.6 Å². The van der Waals surface area contributed by atoms with Crippen LogP contribution in [0.4, 0.5) is 0 Å². The van der Waals surface area contributed by atoms with Crippen molar-refractivity contribution in [2.75, 3.05) is 40.5 Å². The molecule has 1 aromatic carbocycles. The third-order valence-corrected chi connectivity index (χ3v) is 5.49. The Balaban J connectivity index is 1.89. The molecule has 1 heterocycles. The highest BCUT2D eigenvalue weighted by Gasteiger charge is 2.32. The molecule has 0 atom stereocenters. The van der Waals surface area contributed by atoms with Crippen LogP contribution in [0.25, 0.3) is 0 Å². The fourth-order valence-electron chi connectivity index (χ4n) is 3.46. The Bertz CT molecular complexity index is 640. The molecule has 6 heteroatoms. The normalized spacial score (nSPS) is 16.7. The average molecular weight is 406 g/mol. The molecule has 0 aromatic heterocycles. The third-order valence-electron chi connectivity index (χ3n) is 5.49. The van der Waals surface area contributed by atoms with E-state index in [1.165, 1.54) is 12.0 Å². The topological polar surface area (TPSA) is 64.1 Å². The lowest BCUT2D eigenvalue weighted by Gasteiger charge is -2.36. The van der Waals surface area contributed by atoms with Gasteiger partial charge >= 0.3 is 0 Å². The van der Waals surface area contributed by atoms with Gasteiger partial charge in [-0.05, 0) is 37.3 Å². The number of aliphatic imine (C=N–C) groups is 1. The minimum absolute atomic E-state index is 0.190. The molecule has 29 heavy (non-hydrogen) atoms. The number of ether oxygens (including phenoxy) is 3. The highest BCUT2D eigenvalue weighted by atomic mass is 16.5. The quantitative estimate of drug-likeness (QED) is 0.353. The molecular weight excluding hydrogens is 366 g/mol. The molecule has 0 radical (unpaired) electrons. The molecule has 0 bridgehead atoms. The first kappa shape index (κ1) is 23.5. The number of benzene rings is 1. The van der Waals surface area contributed by atoms with Crippen molar-refractivity contribution < 1.29 is 14.2 Å². The van der Waals surface area contributed by atoms with Crippen LogP contribution in [0, 0.1) is 12.8 Å². The smallest absolute Gasteiger partial charge is 0.191 e. The van der Waals surface area contributed by atoms with Gasteiger partial charge in [0.25, 0.3) is 0 Å². The average Bonchev–Trinajstić information content (AvgIpc) is 2.73. The number of guanidine groups is 1. The van der Waals surface area contributed by atoms with E-state index in [0.717, 1.165) is 56.4 Å². The number of nitrogens with zero attached hydrogens (tertiary/aromatic N) is 1. The van der Waals surface area contributed by atoms with Gasteiger partial charge in [0, 0.05) is 58.9 Å². The number of aryl methyl sites for hydroxylation is 1. The zero-order valence-corrected chi connectivity index (χ0v) is 18.8. The van der Waals surface area contributed by atoms with Crippen molar-refractivity contribution in [3.63, 3.8) is 0 Å². The molecule has 2 N–H and O–H groups in total. The Hall–Kier alpha value is -1.79. The second-order valence-electron chi connectivity index (χ2n) is 8.27. The third kappa shape index (κ3) is 7.86. The van der Waals surface area contributed by atoms with E-state index in [-0.39, 0.29) is 5.60 Å². The van der Waals surface area contributed by atoms with Gasteiger partial charge in [0.2, 0.25) is 0 Å². The first-order chi connectivity index (χ1) is 14.0. The van der Waals surface area contributed by atoms with Crippen LogP contribution in [-0.4, -0.2) is 52.1 Å². The van der Waals surface area contributed by atoms with Gasteiger partial charge in [-0.15, -0.1) is 0 Å². The summed E-state index contributed by atoms with van der Waals surface area (Å²) in [6.45, 7) is 10.2. The van der Waals surface area contributed by atoms with Crippen LogP contribution in [0.1, 0.15) is 50.7 Å². The van der Waals surface area contributed by atoms with E-state index in [1.54, 1.807) is 14.2 Å². The molecule has 1 aliphatic rings. The lowest BCUT2D eigenvalue weighted by atomic mass is 9.94. The highest BCUT2D eigenvalue weighted by Crippen LogP contribution is 2.24. The summed E-state index contributed by atoms with van der Waals surface area (Å²) in [4.78, 5) is 4.36. The second kappa shape index (κ2) is 12.0. The Labute approximate surface area is 176 Å². The molecule has 0 saturated carbocycles. The van der Waals surface area contributed by atoms with Crippen molar-refractivity contribution in [2.45, 2.75) is 58.6 Å². The highest BCUT2D eigenvalue weighted by molar-refractivity contribution is 5.79. The Kier molecular flexibility index (Phi) is 9.74. The van der Waals surface area contributed by atoms with E-state index in [9.17, 15) is 0 Å². The van der Waals surface area contributed by atoms with Gasteiger partial charge in [0.05, 0.1) is 12.2 Å². The van der Waals surface area contributed by atoms with Crippen LogP contribution in [-0.2, 0) is 16.0 Å². The monoisotopic (exact) mass is 405 g/mol. The van der Waals surface area contributed by atoms with Gasteiger partial charge in [-0.1, -0.05) is 26.0 Å². The minimum atomic E-state index is -0.190. The number of rotatable bonds is 10. The fraction of sp³-hybridized carbons (Fsp3) is 0.696. The molecule has 1 fully saturated rings. The second-order valence-corrected chi connectivity index (χ2v) is 8.27. The van der Waals surface area contributed by atoms with E-state index >= 15 is 0 Å². The maximum atomic E-state index is 6.09. The maximum Gasteiger partial charge on any atom is 0.191 e. The summed E-state index contributed by atoms with van der Waals surface area (Å²) in [7, 11) is 3.57. The van der Waals surface area contributed by atoms with Gasteiger partial charge in [0.1, 0.15) is 5.75 Å². The SMILES string of the molecule is CN=C(NCc1ccc(C)cc1OCCCC(C)C)NCC1(OC)CCOCC1. The largest absolute Gasteiger partial charge is 0.493 e. The lowest BCUT2D eigenvalue weighted by Crippen LogP contribution is -2.50. The maximum absolute atomic E-state index is 6.09. The summed E-state index contributed by atoms with van der Waals surface area (Å²) >= 11 is 0. The minimum Gasteiger partial charge on any atom is -0.493 e. The number of hydrogen-bond donors (Lipinski definition) is 2. The molecule has 1 aliphatic heterocycles.